The van der Waals surface area contributed by atoms with Crippen LogP contribution < -0.4 is 5.32 Å². The van der Waals surface area contributed by atoms with E-state index in [1.165, 1.54) is 95.0 Å². The molecule has 0 fully saturated rings. The highest BCUT2D eigenvalue weighted by Gasteiger charge is 2.11. The molecule has 0 bridgehead atoms. The molecular weight excluding hydrogens is 434 g/mol. The van der Waals surface area contributed by atoms with Gasteiger partial charge >= 0.3 is 0 Å². The number of likely N-dealkylation sites (N-methyl/N-ethyl adjacent to an activating group) is 1. The topological polar surface area (TPSA) is 12.0 Å². The molecule has 1 nitrogen and oxygen atoms in total. The molecule has 0 atom stereocenters. The van der Waals surface area contributed by atoms with Gasteiger partial charge in [-0.1, -0.05) is 106 Å². The Hall–Kier alpha value is -2.80. The highest BCUT2D eigenvalue weighted by molar-refractivity contribution is 5.81. The van der Waals surface area contributed by atoms with E-state index in [1.54, 1.807) is 0 Å². The standard InChI is InChI=1S/C35H49N/c1-9-11-12-13-14-15-16-32-19-21-33(27(4)24-32)20-18-31(10-2)25-35(29(6)30(7)36-8)34-22-17-26(3)23-28(34)5/h10,17,19,21-25,36H,2,7,9,11-16,18,20H2,1,3-6,8H3/b31-25+,35-29-. The normalized spacial score (nSPS) is 12.3. The summed E-state index contributed by atoms with van der Waals surface area (Å²) in [5.41, 5.74) is 12.7. The first-order valence-corrected chi connectivity index (χ1v) is 13.9. The molecule has 0 amide bonds. The smallest absolute Gasteiger partial charge is 0.0300 e. The summed E-state index contributed by atoms with van der Waals surface area (Å²) in [4.78, 5) is 0. The number of benzene rings is 2. The average Bonchev–Trinajstić information content (AvgIpc) is 2.87. The van der Waals surface area contributed by atoms with E-state index in [-0.39, 0.29) is 0 Å². The van der Waals surface area contributed by atoms with Crippen LogP contribution in [0.4, 0.5) is 0 Å². The van der Waals surface area contributed by atoms with Gasteiger partial charge in [0.15, 0.2) is 0 Å². The van der Waals surface area contributed by atoms with Crippen molar-refractivity contribution in [1.82, 2.24) is 5.32 Å². The molecule has 0 saturated carbocycles. The van der Waals surface area contributed by atoms with E-state index in [0.717, 1.165) is 18.5 Å². The van der Waals surface area contributed by atoms with E-state index in [4.69, 9.17) is 0 Å². The van der Waals surface area contributed by atoms with Gasteiger partial charge in [-0.3, -0.25) is 0 Å². The number of nitrogens with one attached hydrogen (secondary N) is 1. The molecule has 0 spiro atoms. The summed E-state index contributed by atoms with van der Waals surface area (Å²) in [7, 11) is 1.93. The Labute approximate surface area is 222 Å². The summed E-state index contributed by atoms with van der Waals surface area (Å²) in [6.07, 6.45) is 15.6. The summed E-state index contributed by atoms with van der Waals surface area (Å²) < 4.78 is 0. The van der Waals surface area contributed by atoms with E-state index in [1.807, 2.05) is 13.1 Å². The minimum atomic E-state index is 0.946. The molecule has 0 unspecified atom stereocenters. The zero-order valence-corrected chi connectivity index (χ0v) is 23.9. The Bertz CT molecular complexity index is 1080. The highest BCUT2D eigenvalue weighted by atomic mass is 14.8. The molecule has 0 radical (unpaired) electrons. The molecule has 2 aromatic carbocycles. The van der Waals surface area contributed by atoms with Crippen LogP contribution in [0.15, 0.2) is 78.6 Å². The molecule has 194 valence electrons. The third-order valence-corrected chi connectivity index (χ3v) is 7.33. The second-order valence-corrected chi connectivity index (χ2v) is 10.3. The van der Waals surface area contributed by atoms with Crippen molar-refractivity contribution in [1.29, 1.82) is 0 Å². The SMILES string of the molecule is C=C/C(=C\C(=C(/C)C(=C)NC)c1ccc(C)cc1C)CCc1ccc(CCCCCCCC)cc1C. The average molecular weight is 484 g/mol. The van der Waals surface area contributed by atoms with Crippen LogP contribution in [0.25, 0.3) is 5.57 Å². The number of rotatable bonds is 15. The van der Waals surface area contributed by atoms with Gasteiger partial charge < -0.3 is 5.32 Å². The van der Waals surface area contributed by atoms with Crippen LogP contribution in [-0.2, 0) is 12.8 Å². The summed E-state index contributed by atoms with van der Waals surface area (Å²) in [6, 6.07) is 13.8. The molecule has 0 aromatic heterocycles. The van der Waals surface area contributed by atoms with Crippen LogP contribution >= 0.6 is 0 Å². The van der Waals surface area contributed by atoms with Gasteiger partial charge in [0, 0.05) is 12.7 Å². The van der Waals surface area contributed by atoms with E-state index in [0.29, 0.717) is 0 Å². The Morgan fingerprint density at radius 3 is 2.25 bits per heavy atom. The number of allylic oxidation sites excluding steroid dienone is 5. The first-order chi connectivity index (χ1) is 17.3. The van der Waals surface area contributed by atoms with Gasteiger partial charge in [0.2, 0.25) is 0 Å². The fourth-order valence-corrected chi connectivity index (χ4v) is 4.85. The highest BCUT2D eigenvalue weighted by Crippen LogP contribution is 2.29. The third kappa shape index (κ3) is 9.01. The molecule has 0 heterocycles. The van der Waals surface area contributed by atoms with E-state index >= 15 is 0 Å². The predicted octanol–water partition coefficient (Wildman–Crippen LogP) is 9.77. The molecule has 1 heteroatoms. The van der Waals surface area contributed by atoms with Crippen molar-refractivity contribution < 1.29 is 0 Å². The summed E-state index contributed by atoms with van der Waals surface area (Å²) >= 11 is 0. The van der Waals surface area contributed by atoms with Crippen LogP contribution in [0.3, 0.4) is 0 Å². The Kier molecular flexibility index (Phi) is 12.5. The molecule has 0 saturated heterocycles. The predicted molar refractivity (Wildman–Crippen MR) is 162 cm³/mol. The molecule has 0 aliphatic carbocycles. The first-order valence-electron chi connectivity index (χ1n) is 13.9. The zero-order valence-electron chi connectivity index (χ0n) is 23.9. The fourth-order valence-electron chi connectivity index (χ4n) is 4.85. The Morgan fingerprint density at radius 1 is 0.889 bits per heavy atom. The van der Waals surface area contributed by atoms with Crippen LogP contribution in [-0.4, -0.2) is 7.05 Å². The molecule has 0 aliphatic rings. The quantitative estimate of drug-likeness (QED) is 0.196. The lowest BCUT2D eigenvalue weighted by atomic mass is 9.91. The van der Waals surface area contributed by atoms with E-state index < -0.39 is 0 Å². The maximum absolute atomic E-state index is 4.23. The second kappa shape index (κ2) is 15.3. The van der Waals surface area contributed by atoms with Gasteiger partial charge in [0.1, 0.15) is 0 Å². The lowest BCUT2D eigenvalue weighted by molar-refractivity contribution is 0.607. The van der Waals surface area contributed by atoms with Crippen LogP contribution in [0.5, 0.6) is 0 Å². The van der Waals surface area contributed by atoms with Crippen molar-refractivity contribution >= 4 is 5.57 Å². The zero-order chi connectivity index (χ0) is 26.5. The van der Waals surface area contributed by atoms with Crippen molar-refractivity contribution in [3.63, 3.8) is 0 Å². The lowest BCUT2D eigenvalue weighted by Gasteiger charge is -2.16. The molecule has 0 aliphatic heterocycles. The van der Waals surface area contributed by atoms with Crippen LogP contribution in [0, 0.1) is 20.8 Å². The van der Waals surface area contributed by atoms with Crippen LogP contribution in [0.2, 0.25) is 0 Å². The van der Waals surface area contributed by atoms with Gasteiger partial charge in [0.05, 0.1) is 0 Å². The van der Waals surface area contributed by atoms with E-state index in [2.05, 4.69) is 95.6 Å². The van der Waals surface area contributed by atoms with Crippen molar-refractivity contribution in [3.05, 3.63) is 112 Å². The number of hydrogen-bond donors (Lipinski definition) is 1. The molecular formula is C35H49N. The van der Waals surface area contributed by atoms with E-state index in [9.17, 15) is 0 Å². The third-order valence-electron chi connectivity index (χ3n) is 7.33. The van der Waals surface area contributed by atoms with Crippen molar-refractivity contribution in [3.8, 4) is 0 Å². The maximum Gasteiger partial charge on any atom is 0.0300 e. The maximum atomic E-state index is 4.23. The largest absolute Gasteiger partial charge is 0.388 e. The summed E-state index contributed by atoms with van der Waals surface area (Å²) in [6.45, 7) is 19.4. The number of hydrogen-bond acceptors (Lipinski definition) is 1. The summed E-state index contributed by atoms with van der Waals surface area (Å²) in [5, 5.41) is 3.23. The van der Waals surface area contributed by atoms with Crippen LogP contribution in [0.1, 0.15) is 92.2 Å². The number of aryl methyl sites for hydroxylation is 5. The van der Waals surface area contributed by atoms with Crippen molar-refractivity contribution in [2.45, 2.75) is 92.4 Å². The van der Waals surface area contributed by atoms with Gasteiger partial charge in [-0.05, 0) is 97.9 Å². The Balaban J connectivity index is 2.16. The summed E-state index contributed by atoms with van der Waals surface area (Å²) in [5.74, 6) is 0. The fraction of sp³-hybridized carbons (Fsp3) is 0.429. The molecule has 2 aromatic rings. The van der Waals surface area contributed by atoms with Crippen molar-refractivity contribution in [2.24, 2.45) is 0 Å². The van der Waals surface area contributed by atoms with Gasteiger partial charge in [-0.2, -0.15) is 0 Å². The second-order valence-electron chi connectivity index (χ2n) is 10.3. The minimum absolute atomic E-state index is 0.946. The Morgan fingerprint density at radius 2 is 1.61 bits per heavy atom. The first kappa shape index (κ1) is 29.4. The molecule has 2 rings (SSSR count). The minimum Gasteiger partial charge on any atom is -0.388 e. The van der Waals surface area contributed by atoms with Gasteiger partial charge in [-0.25, -0.2) is 0 Å². The van der Waals surface area contributed by atoms with Gasteiger partial charge in [-0.15, -0.1) is 0 Å². The van der Waals surface area contributed by atoms with Crippen molar-refractivity contribution in [2.75, 3.05) is 7.05 Å². The van der Waals surface area contributed by atoms with Gasteiger partial charge in [0.25, 0.3) is 0 Å². The number of unbranched alkanes of at least 4 members (excludes halogenated alkanes) is 5. The molecule has 36 heavy (non-hydrogen) atoms. The monoisotopic (exact) mass is 483 g/mol. The lowest BCUT2D eigenvalue weighted by Crippen LogP contribution is -2.07. The molecule has 1 N–H and O–H groups in total.